The first-order valence-corrected chi connectivity index (χ1v) is 10.9. The predicted octanol–water partition coefficient (Wildman–Crippen LogP) is 4.71. The van der Waals surface area contributed by atoms with Gasteiger partial charge in [-0.15, -0.1) is 0 Å². The van der Waals surface area contributed by atoms with Crippen molar-refractivity contribution in [3.05, 3.63) is 23.8 Å². The Morgan fingerprint density at radius 3 is 2.74 bits per heavy atom. The topological polar surface area (TPSA) is 77.8 Å². The lowest BCUT2D eigenvalue weighted by molar-refractivity contribution is -0.137. The minimum absolute atomic E-state index is 0.136. The molecular weight excluding hydrogens is 340 g/mol. The fraction of sp³-hybridized carbons (Fsp3) is 0.783. The van der Waals surface area contributed by atoms with Gasteiger partial charge in [0.2, 0.25) is 0 Å². The zero-order valence-corrected chi connectivity index (χ0v) is 17.0. The summed E-state index contributed by atoms with van der Waals surface area (Å²) >= 11 is 0. The number of aliphatic carboxylic acids is 1. The lowest BCUT2D eigenvalue weighted by atomic mass is 9.89. The molecule has 0 radical (unpaired) electrons. The number of carboxylic acid groups (broad SMARTS) is 1. The molecule has 2 saturated carbocycles. The van der Waals surface area contributed by atoms with E-state index in [1.165, 1.54) is 18.4 Å². The van der Waals surface area contributed by atoms with E-state index in [1.807, 2.05) is 6.08 Å². The van der Waals surface area contributed by atoms with E-state index in [2.05, 4.69) is 26.0 Å². The van der Waals surface area contributed by atoms with Crippen LogP contribution in [0.3, 0.4) is 0 Å². The number of allylic oxidation sites excluding steroid dienone is 2. The number of fused-ring (bicyclic) bond motifs is 1. The Bertz CT molecular complexity index is 524. The molecule has 2 aliphatic carbocycles. The predicted molar refractivity (Wildman–Crippen MR) is 108 cm³/mol. The molecule has 0 aromatic carbocycles. The molecule has 2 fully saturated rings. The summed E-state index contributed by atoms with van der Waals surface area (Å²) in [7, 11) is 0. The Kier molecular flexibility index (Phi) is 9.04. The lowest BCUT2D eigenvalue weighted by Gasteiger charge is -2.20. The van der Waals surface area contributed by atoms with E-state index in [4.69, 9.17) is 5.11 Å². The van der Waals surface area contributed by atoms with Crippen LogP contribution >= 0.6 is 0 Å². The van der Waals surface area contributed by atoms with Gasteiger partial charge in [-0.3, -0.25) is 4.79 Å². The van der Waals surface area contributed by atoms with Crippen LogP contribution in [0.4, 0.5) is 0 Å². The number of rotatable bonds is 11. The average molecular weight is 379 g/mol. The van der Waals surface area contributed by atoms with Crippen LogP contribution in [-0.4, -0.2) is 33.5 Å². The van der Waals surface area contributed by atoms with Crippen molar-refractivity contribution in [1.29, 1.82) is 0 Å². The number of hydrogen-bond donors (Lipinski definition) is 3. The Labute approximate surface area is 164 Å². The van der Waals surface area contributed by atoms with Gasteiger partial charge in [0.25, 0.3) is 0 Å². The molecule has 0 aliphatic heterocycles. The van der Waals surface area contributed by atoms with Gasteiger partial charge in [0.15, 0.2) is 0 Å². The summed E-state index contributed by atoms with van der Waals surface area (Å²) < 4.78 is 0. The van der Waals surface area contributed by atoms with Crippen LogP contribution in [0.15, 0.2) is 23.8 Å². The zero-order chi connectivity index (χ0) is 19.8. The van der Waals surface area contributed by atoms with E-state index in [0.29, 0.717) is 18.3 Å². The van der Waals surface area contributed by atoms with Crippen molar-refractivity contribution in [2.24, 2.45) is 23.7 Å². The third-order valence-electron chi connectivity index (χ3n) is 6.52. The maximum Gasteiger partial charge on any atom is 0.303 e. The van der Waals surface area contributed by atoms with Gasteiger partial charge in [0, 0.05) is 12.3 Å². The summed E-state index contributed by atoms with van der Waals surface area (Å²) in [5.41, 5.74) is 1.43. The molecule has 2 unspecified atom stereocenters. The van der Waals surface area contributed by atoms with Gasteiger partial charge < -0.3 is 15.3 Å². The quantitative estimate of drug-likeness (QED) is 0.359. The summed E-state index contributed by atoms with van der Waals surface area (Å²) in [5.74, 6) is 0.657. The molecule has 4 heteroatoms. The van der Waals surface area contributed by atoms with Crippen molar-refractivity contribution >= 4 is 5.97 Å². The van der Waals surface area contributed by atoms with Crippen LogP contribution in [0.1, 0.15) is 78.1 Å². The Hall–Kier alpha value is -1.13. The van der Waals surface area contributed by atoms with Crippen LogP contribution in [0, 0.1) is 23.7 Å². The molecule has 154 valence electrons. The highest BCUT2D eigenvalue weighted by molar-refractivity contribution is 5.66. The molecule has 0 spiro atoms. The van der Waals surface area contributed by atoms with Crippen molar-refractivity contribution in [2.75, 3.05) is 0 Å². The minimum atomic E-state index is -0.729. The van der Waals surface area contributed by atoms with Crippen molar-refractivity contribution in [1.82, 2.24) is 0 Å². The third-order valence-corrected chi connectivity index (χ3v) is 6.52. The van der Waals surface area contributed by atoms with E-state index in [0.717, 1.165) is 38.5 Å². The first kappa shape index (κ1) is 22.2. The molecule has 6 atom stereocenters. The van der Waals surface area contributed by atoms with Gasteiger partial charge in [0.05, 0.1) is 12.2 Å². The monoisotopic (exact) mass is 378 g/mol. The second-order valence-electron chi connectivity index (χ2n) is 8.71. The van der Waals surface area contributed by atoms with E-state index in [1.54, 1.807) is 0 Å². The van der Waals surface area contributed by atoms with Crippen molar-refractivity contribution in [3.8, 4) is 0 Å². The number of carbonyl (C=O) groups is 1. The number of carboxylic acids is 1. The molecule has 0 saturated heterocycles. The second kappa shape index (κ2) is 11.0. The highest BCUT2D eigenvalue weighted by Crippen LogP contribution is 2.50. The molecule has 4 nitrogen and oxygen atoms in total. The van der Waals surface area contributed by atoms with Gasteiger partial charge in [-0.2, -0.15) is 0 Å². The molecule has 0 bridgehead atoms. The van der Waals surface area contributed by atoms with E-state index >= 15 is 0 Å². The van der Waals surface area contributed by atoms with Crippen LogP contribution in [0.2, 0.25) is 0 Å². The SMILES string of the molecule is CCCCCC(C)C(O)/C=C/[C@@H]1[C@H]2C/C(=C\CCCC(=O)O)C[C@H]2C[C@H]1O. The minimum Gasteiger partial charge on any atom is -0.481 e. The highest BCUT2D eigenvalue weighted by Gasteiger charge is 2.44. The summed E-state index contributed by atoms with van der Waals surface area (Å²) in [6.45, 7) is 4.29. The lowest BCUT2D eigenvalue weighted by Crippen LogP contribution is -2.19. The largest absolute Gasteiger partial charge is 0.481 e. The van der Waals surface area contributed by atoms with E-state index in [-0.39, 0.29) is 24.4 Å². The first-order chi connectivity index (χ1) is 12.9. The van der Waals surface area contributed by atoms with Crippen molar-refractivity contribution < 1.29 is 20.1 Å². The Morgan fingerprint density at radius 1 is 1.26 bits per heavy atom. The van der Waals surface area contributed by atoms with Gasteiger partial charge in [-0.05, 0) is 56.3 Å². The van der Waals surface area contributed by atoms with Crippen molar-refractivity contribution in [3.63, 3.8) is 0 Å². The number of aliphatic hydroxyl groups excluding tert-OH is 2. The molecule has 0 aromatic heterocycles. The summed E-state index contributed by atoms with van der Waals surface area (Å²) in [5, 5.41) is 29.6. The average Bonchev–Trinajstić information content (AvgIpc) is 3.13. The zero-order valence-electron chi connectivity index (χ0n) is 17.0. The maximum absolute atomic E-state index is 10.6. The fourth-order valence-corrected chi connectivity index (χ4v) is 4.82. The van der Waals surface area contributed by atoms with Gasteiger partial charge in [0.1, 0.15) is 0 Å². The summed E-state index contributed by atoms with van der Waals surface area (Å²) in [6, 6.07) is 0. The van der Waals surface area contributed by atoms with Crippen molar-refractivity contribution in [2.45, 2.75) is 90.3 Å². The molecule has 2 aliphatic rings. The normalized spacial score (nSPS) is 31.5. The Morgan fingerprint density at radius 2 is 2.04 bits per heavy atom. The maximum atomic E-state index is 10.6. The molecule has 0 heterocycles. The van der Waals surface area contributed by atoms with Crippen LogP contribution in [-0.2, 0) is 4.79 Å². The third kappa shape index (κ3) is 6.76. The summed E-state index contributed by atoms with van der Waals surface area (Å²) in [6.07, 6.45) is 14.7. The van der Waals surface area contributed by atoms with Gasteiger partial charge in [-0.1, -0.05) is 56.9 Å². The standard InChI is InChI=1S/C23H38O4/c1-3-4-5-8-16(2)21(24)12-11-19-20-14-17(9-6-7-10-23(26)27)13-18(20)15-22(19)25/h9,11-12,16,18-22,24-25H,3-8,10,13-15H2,1-2H3,(H,26,27)/b12-11+,17-9-/t16?,18-,19+,20-,21?,22+/m0/s1. The molecule has 0 aromatic rings. The first-order valence-electron chi connectivity index (χ1n) is 10.9. The molecular formula is C23H38O4. The summed E-state index contributed by atoms with van der Waals surface area (Å²) in [4.78, 5) is 10.6. The van der Waals surface area contributed by atoms with Crippen LogP contribution < -0.4 is 0 Å². The number of aliphatic hydroxyl groups is 2. The van der Waals surface area contributed by atoms with Gasteiger partial charge >= 0.3 is 5.97 Å². The van der Waals surface area contributed by atoms with E-state index < -0.39 is 12.1 Å². The number of hydrogen-bond acceptors (Lipinski definition) is 3. The molecule has 2 rings (SSSR count). The molecule has 0 amide bonds. The highest BCUT2D eigenvalue weighted by atomic mass is 16.4. The smallest absolute Gasteiger partial charge is 0.303 e. The molecule has 3 N–H and O–H groups in total. The van der Waals surface area contributed by atoms with E-state index in [9.17, 15) is 15.0 Å². The fourth-order valence-electron chi connectivity index (χ4n) is 4.82. The van der Waals surface area contributed by atoms with Crippen LogP contribution in [0.5, 0.6) is 0 Å². The van der Waals surface area contributed by atoms with Gasteiger partial charge in [-0.25, -0.2) is 0 Å². The van der Waals surface area contributed by atoms with Crippen LogP contribution in [0.25, 0.3) is 0 Å². The molecule has 27 heavy (non-hydrogen) atoms. The Balaban J connectivity index is 1.84. The second-order valence-corrected chi connectivity index (χ2v) is 8.71. The number of unbranched alkanes of at least 4 members (excludes halogenated alkanes) is 3.